The summed E-state index contributed by atoms with van der Waals surface area (Å²) in [7, 11) is -6.41. The van der Waals surface area contributed by atoms with E-state index in [1.807, 2.05) is 97.1 Å². The van der Waals surface area contributed by atoms with Gasteiger partial charge in [0.05, 0.1) is 0 Å². The average Bonchev–Trinajstić information content (AvgIpc) is 3.88. The molecule has 2 unspecified atom stereocenters. The number of thiophene rings is 2. The van der Waals surface area contributed by atoms with Gasteiger partial charge in [0.2, 0.25) is 0 Å². The van der Waals surface area contributed by atoms with Crippen molar-refractivity contribution >= 4 is 93.1 Å². The van der Waals surface area contributed by atoms with Crippen molar-refractivity contribution in [1.29, 1.82) is 0 Å². The van der Waals surface area contributed by atoms with E-state index in [1.54, 1.807) is 22.7 Å². The fourth-order valence-corrected chi connectivity index (χ4v) is 16.1. The standard InChI is InChI=1S/C42H28O2P2S2/c43-45(31-17-9-3-10-18-31)37-28-36-38(27-35(37)41-39(45)25-33(47-41)23-21-29-13-5-1-6-14-29)46(44,32-19-11-4-12-20-32)40-26-34(48-42(36)40)24-22-30-15-7-2-8-16-30/h1-28H/b23-21+,24-22+. The molecule has 0 spiro atoms. The van der Waals surface area contributed by atoms with Gasteiger partial charge < -0.3 is 9.13 Å². The van der Waals surface area contributed by atoms with Crippen molar-refractivity contribution in [3.63, 3.8) is 0 Å². The molecule has 48 heavy (non-hydrogen) atoms. The first-order valence-electron chi connectivity index (χ1n) is 15.8. The molecule has 0 saturated carbocycles. The van der Waals surface area contributed by atoms with Crippen molar-refractivity contribution in [1.82, 2.24) is 0 Å². The maximum Gasteiger partial charge on any atom is 0.173 e. The molecule has 5 aromatic carbocycles. The van der Waals surface area contributed by atoms with E-state index in [0.29, 0.717) is 0 Å². The highest BCUT2D eigenvalue weighted by Crippen LogP contribution is 2.60. The lowest BCUT2D eigenvalue weighted by Gasteiger charge is -2.18. The molecule has 0 bridgehead atoms. The van der Waals surface area contributed by atoms with Crippen molar-refractivity contribution in [2.45, 2.75) is 0 Å². The minimum absolute atomic E-state index is 0.823. The molecule has 2 nitrogen and oxygen atoms in total. The van der Waals surface area contributed by atoms with Crippen LogP contribution in [0.2, 0.25) is 0 Å². The molecule has 4 heterocycles. The summed E-state index contributed by atoms with van der Waals surface area (Å²) < 4.78 is 31.3. The van der Waals surface area contributed by atoms with Crippen molar-refractivity contribution in [2.24, 2.45) is 0 Å². The number of benzene rings is 5. The Hall–Kier alpha value is -4.56. The van der Waals surface area contributed by atoms with Crippen LogP contribution in [-0.2, 0) is 9.13 Å². The molecule has 0 saturated heterocycles. The van der Waals surface area contributed by atoms with Gasteiger partial charge in [-0.15, -0.1) is 22.7 Å². The molecule has 7 aromatic rings. The summed E-state index contributed by atoms with van der Waals surface area (Å²) >= 11 is 3.32. The molecule has 0 aliphatic carbocycles. The number of hydrogen-bond acceptors (Lipinski definition) is 4. The fourth-order valence-electron chi connectivity index (χ4n) is 6.86. The molecular formula is C42H28O2P2S2. The first-order chi connectivity index (χ1) is 23.5. The number of rotatable bonds is 6. The van der Waals surface area contributed by atoms with Gasteiger partial charge in [-0.3, -0.25) is 0 Å². The second kappa shape index (κ2) is 11.5. The second-order valence-corrected chi connectivity index (χ2v) is 19.6. The summed E-state index contributed by atoms with van der Waals surface area (Å²) in [4.78, 5) is 4.11. The fraction of sp³-hybridized carbons (Fsp3) is 0. The van der Waals surface area contributed by atoms with Crippen LogP contribution < -0.4 is 31.8 Å². The summed E-state index contributed by atoms with van der Waals surface area (Å²) in [6.07, 6.45) is 8.42. The van der Waals surface area contributed by atoms with Crippen LogP contribution in [-0.4, -0.2) is 0 Å². The minimum atomic E-state index is -3.20. The Morgan fingerprint density at radius 2 is 0.750 bits per heavy atom. The van der Waals surface area contributed by atoms with E-state index in [0.717, 1.165) is 73.6 Å². The van der Waals surface area contributed by atoms with E-state index in [2.05, 4.69) is 72.8 Å². The summed E-state index contributed by atoms with van der Waals surface area (Å²) in [6.45, 7) is 0. The zero-order chi connectivity index (χ0) is 32.3. The molecule has 2 aliphatic heterocycles. The Kier molecular flexibility index (Phi) is 7.11. The summed E-state index contributed by atoms with van der Waals surface area (Å²) in [6, 6.07) is 48.7. The smallest absolute Gasteiger partial charge is 0.173 e. The highest BCUT2D eigenvalue weighted by Gasteiger charge is 2.47. The Balaban J connectivity index is 1.25. The molecule has 0 fully saturated rings. The van der Waals surface area contributed by atoms with Gasteiger partial charge in [0.1, 0.15) is 0 Å². The Labute approximate surface area is 288 Å². The third-order valence-corrected chi connectivity index (χ3v) is 17.9. The molecule has 2 aromatic heterocycles. The summed E-state index contributed by atoms with van der Waals surface area (Å²) in [5, 5.41) is 5.08. The number of hydrogen-bond donors (Lipinski definition) is 0. The Morgan fingerprint density at radius 1 is 0.396 bits per heavy atom. The molecule has 0 amide bonds. The average molecular weight is 691 g/mol. The molecule has 2 aliphatic rings. The van der Waals surface area contributed by atoms with Gasteiger partial charge in [-0.1, -0.05) is 133 Å². The van der Waals surface area contributed by atoms with E-state index in [-0.39, 0.29) is 0 Å². The predicted octanol–water partition coefficient (Wildman–Crippen LogP) is 9.39. The van der Waals surface area contributed by atoms with E-state index >= 15 is 9.13 Å². The maximum atomic E-state index is 15.7. The Bertz CT molecular complexity index is 2320. The van der Waals surface area contributed by atoms with Gasteiger partial charge in [0.25, 0.3) is 0 Å². The lowest BCUT2D eigenvalue weighted by molar-refractivity contribution is 0.592. The lowest BCUT2D eigenvalue weighted by Crippen LogP contribution is -2.23. The first kappa shape index (κ1) is 29.6. The van der Waals surface area contributed by atoms with Crippen molar-refractivity contribution in [3.8, 4) is 20.9 Å². The van der Waals surface area contributed by atoms with Gasteiger partial charge in [-0.05, 0) is 47.5 Å². The number of fused-ring (bicyclic) bond motifs is 6. The molecule has 9 rings (SSSR count). The van der Waals surface area contributed by atoms with E-state index in [1.165, 1.54) is 0 Å². The molecule has 2 atom stereocenters. The van der Waals surface area contributed by atoms with Crippen LogP contribution in [0.25, 0.3) is 45.2 Å². The third-order valence-electron chi connectivity index (χ3n) is 9.14. The Morgan fingerprint density at radius 3 is 1.12 bits per heavy atom. The van der Waals surface area contributed by atoms with E-state index in [4.69, 9.17) is 0 Å². The van der Waals surface area contributed by atoms with Gasteiger partial charge in [-0.25, -0.2) is 0 Å². The van der Waals surface area contributed by atoms with Crippen molar-refractivity contribution in [3.05, 3.63) is 166 Å². The minimum Gasteiger partial charge on any atom is -0.309 e. The molecule has 0 N–H and O–H groups in total. The SMILES string of the molecule is O=P1(c2ccccc2)c2cc3c(cc2-c2sc(/C=C/c4ccccc4)cc21)P(=O)(c1ccccc1)c1cc(/C=C/c2ccccc2)sc1-3. The van der Waals surface area contributed by atoms with Crippen LogP contribution in [0.4, 0.5) is 0 Å². The van der Waals surface area contributed by atoms with Crippen LogP contribution in [0.15, 0.2) is 146 Å². The molecular weight excluding hydrogens is 663 g/mol. The second-order valence-electron chi connectivity index (χ2n) is 12.0. The van der Waals surface area contributed by atoms with Crippen LogP contribution in [0, 0.1) is 0 Å². The van der Waals surface area contributed by atoms with Crippen molar-refractivity contribution < 1.29 is 9.13 Å². The third kappa shape index (κ3) is 4.60. The first-order valence-corrected chi connectivity index (χ1v) is 20.8. The zero-order valence-electron chi connectivity index (χ0n) is 25.7. The van der Waals surface area contributed by atoms with Crippen LogP contribution >= 0.6 is 37.0 Å². The largest absolute Gasteiger partial charge is 0.309 e. The van der Waals surface area contributed by atoms with Crippen LogP contribution in [0.5, 0.6) is 0 Å². The van der Waals surface area contributed by atoms with Crippen molar-refractivity contribution in [2.75, 3.05) is 0 Å². The molecule has 230 valence electrons. The monoisotopic (exact) mass is 690 g/mol. The summed E-state index contributed by atoms with van der Waals surface area (Å²) in [5.74, 6) is 0. The summed E-state index contributed by atoms with van der Waals surface area (Å²) in [5.41, 5.74) is 4.11. The predicted molar refractivity (Wildman–Crippen MR) is 210 cm³/mol. The van der Waals surface area contributed by atoms with E-state index in [9.17, 15) is 0 Å². The molecule has 6 heteroatoms. The van der Waals surface area contributed by atoms with Gasteiger partial charge in [0.15, 0.2) is 14.3 Å². The normalized spacial score (nSPS) is 19.0. The maximum absolute atomic E-state index is 15.7. The highest BCUT2D eigenvalue weighted by molar-refractivity contribution is 7.88. The van der Waals surface area contributed by atoms with Crippen LogP contribution in [0.3, 0.4) is 0 Å². The molecule has 0 radical (unpaired) electrons. The van der Waals surface area contributed by atoms with E-state index < -0.39 is 14.3 Å². The highest BCUT2D eigenvalue weighted by atomic mass is 32.1. The quantitative estimate of drug-likeness (QED) is 0.163. The van der Waals surface area contributed by atoms with Crippen LogP contribution in [0.1, 0.15) is 20.9 Å². The van der Waals surface area contributed by atoms with Gasteiger partial charge >= 0.3 is 0 Å². The topological polar surface area (TPSA) is 34.1 Å². The van der Waals surface area contributed by atoms with Gasteiger partial charge in [0, 0.05) is 62.5 Å². The zero-order valence-corrected chi connectivity index (χ0v) is 29.1. The van der Waals surface area contributed by atoms with Gasteiger partial charge in [-0.2, -0.15) is 0 Å². The lowest BCUT2D eigenvalue weighted by atomic mass is 10.1.